The maximum absolute atomic E-state index is 10.7. The lowest BCUT2D eigenvalue weighted by Gasteiger charge is -2.15. The third-order valence-corrected chi connectivity index (χ3v) is 3.30. The number of ether oxygens (including phenoxy) is 5. The summed E-state index contributed by atoms with van der Waals surface area (Å²) in [5, 5.41) is 8.81. The lowest BCUT2D eigenvalue weighted by atomic mass is 10.0. The molecule has 8 heteroatoms. The van der Waals surface area contributed by atoms with Crippen molar-refractivity contribution in [1.29, 1.82) is 0 Å². The summed E-state index contributed by atoms with van der Waals surface area (Å²) in [4.78, 5) is 10.7. The fourth-order valence-corrected chi connectivity index (χ4v) is 2.01. The number of rotatable bonds is 14. The first-order valence-electron chi connectivity index (χ1n) is 8.01. The van der Waals surface area contributed by atoms with Crippen LogP contribution in [0, 0.1) is 0 Å². The predicted molar refractivity (Wildman–Crippen MR) is 91.2 cm³/mol. The van der Waals surface area contributed by atoms with Crippen LogP contribution >= 0.6 is 0 Å². The zero-order valence-electron chi connectivity index (χ0n) is 14.7. The van der Waals surface area contributed by atoms with Crippen molar-refractivity contribution in [2.45, 2.75) is 12.5 Å². The first kappa shape index (κ1) is 21.2. The first-order chi connectivity index (χ1) is 12.1. The van der Waals surface area contributed by atoms with E-state index in [9.17, 15) is 4.79 Å². The summed E-state index contributed by atoms with van der Waals surface area (Å²) in [5.74, 6) is 0.102. The first-order valence-corrected chi connectivity index (χ1v) is 8.01. The Kier molecular flexibility index (Phi) is 10.6. The Balaban J connectivity index is 2.34. The van der Waals surface area contributed by atoms with E-state index in [1.54, 1.807) is 25.3 Å². The number of hydrogen-bond donors (Lipinski definition) is 2. The van der Waals surface area contributed by atoms with Gasteiger partial charge in [0.2, 0.25) is 0 Å². The molecule has 1 aromatic rings. The van der Waals surface area contributed by atoms with Gasteiger partial charge in [-0.3, -0.25) is 4.79 Å². The van der Waals surface area contributed by atoms with E-state index in [1.807, 2.05) is 0 Å². The largest absolute Gasteiger partial charge is 0.493 e. The second-order valence-electron chi connectivity index (χ2n) is 5.18. The molecule has 0 heterocycles. The Bertz CT molecular complexity index is 510. The molecule has 0 aliphatic rings. The van der Waals surface area contributed by atoms with Crippen LogP contribution in [0.15, 0.2) is 18.2 Å². The molecule has 0 amide bonds. The number of carboxylic acids is 1. The normalized spacial score (nSPS) is 12.0. The SMILES string of the molecule is COCCOCCOCCOc1ccc([C@@H](N)CC(=O)O)cc1OC. The summed E-state index contributed by atoms with van der Waals surface area (Å²) in [6.07, 6.45) is -0.149. The lowest BCUT2D eigenvalue weighted by Crippen LogP contribution is -2.15. The Hall–Kier alpha value is -1.87. The third-order valence-electron chi connectivity index (χ3n) is 3.30. The molecular weight excluding hydrogens is 330 g/mol. The number of carbonyl (C=O) groups is 1. The average Bonchev–Trinajstić information content (AvgIpc) is 2.59. The summed E-state index contributed by atoms with van der Waals surface area (Å²) < 4.78 is 26.4. The zero-order valence-corrected chi connectivity index (χ0v) is 14.7. The molecule has 8 nitrogen and oxygen atoms in total. The van der Waals surface area contributed by atoms with E-state index in [0.29, 0.717) is 56.7 Å². The van der Waals surface area contributed by atoms with Crippen LogP contribution in [-0.2, 0) is 19.0 Å². The number of hydrogen-bond acceptors (Lipinski definition) is 7. The smallest absolute Gasteiger partial charge is 0.305 e. The summed E-state index contributed by atoms with van der Waals surface area (Å²) in [7, 11) is 3.14. The molecule has 0 saturated carbocycles. The zero-order chi connectivity index (χ0) is 18.5. The van der Waals surface area contributed by atoms with Gasteiger partial charge in [0, 0.05) is 13.2 Å². The average molecular weight is 357 g/mol. The van der Waals surface area contributed by atoms with Crippen molar-refractivity contribution in [3.05, 3.63) is 23.8 Å². The highest BCUT2D eigenvalue weighted by molar-refractivity contribution is 5.68. The maximum atomic E-state index is 10.7. The van der Waals surface area contributed by atoms with Crippen LogP contribution in [-0.4, -0.2) is 64.9 Å². The summed E-state index contributed by atoms with van der Waals surface area (Å²) >= 11 is 0. The second-order valence-corrected chi connectivity index (χ2v) is 5.18. The standard InChI is InChI=1S/C17H27NO7/c1-21-5-6-23-7-8-24-9-10-25-15-4-3-13(11-16(15)22-2)14(18)12-17(19)20/h3-4,11,14H,5-10,12,18H2,1-2H3,(H,19,20)/t14-/m0/s1. The molecule has 1 rings (SSSR count). The van der Waals surface area contributed by atoms with Gasteiger partial charge in [-0.1, -0.05) is 6.07 Å². The minimum atomic E-state index is -0.949. The summed E-state index contributed by atoms with van der Waals surface area (Å²) in [6, 6.07) is 4.54. The number of carboxylic acid groups (broad SMARTS) is 1. The topological polar surface area (TPSA) is 109 Å². The van der Waals surface area contributed by atoms with E-state index in [4.69, 9.17) is 34.5 Å². The van der Waals surface area contributed by atoms with E-state index in [0.717, 1.165) is 0 Å². The number of nitrogens with two attached hydrogens (primary N) is 1. The van der Waals surface area contributed by atoms with Crippen LogP contribution in [0.4, 0.5) is 0 Å². The molecule has 0 unspecified atom stereocenters. The molecule has 0 radical (unpaired) electrons. The molecule has 0 aliphatic carbocycles. The highest BCUT2D eigenvalue weighted by Gasteiger charge is 2.14. The Morgan fingerprint density at radius 3 is 2.28 bits per heavy atom. The minimum Gasteiger partial charge on any atom is -0.493 e. The minimum absolute atomic E-state index is 0.149. The lowest BCUT2D eigenvalue weighted by molar-refractivity contribution is -0.137. The Morgan fingerprint density at radius 1 is 1.04 bits per heavy atom. The maximum Gasteiger partial charge on any atom is 0.305 e. The van der Waals surface area contributed by atoms with E-state index in [-0.39, 0.29) is 6.42 Å². The van der Waals surface area contributed by atoms with Gasteiger partial charge in [0.25, 0.3) is 0 Å². The van der Waals surface area contributed by atoms with Crippen molar-refractivity contribution >= 4 is 5.97 Å². The predicted octanol–water partition coefficient (Wildman–Crippen LogP) is 1.23. The van der Waals surface area contributed by atoms with Gasteiger partial charge in [-0.25, -0.2) is 0 Å². The molecule has 0 bridgehead atoms. The number of aliphatic carboxylic acids is 1. The molecule has 0 saturated heterocycles. The molecule has 1 aromatic carbocycles. The van der Waals surface area contributed by atoms with Crippen LogP contribution in [0.1, 0.15) is 18.0 Å². The third kappa shape index (κ3) is 8.69. The van der Waals surface area contributed by atoms with Gasteiger partial charge in [-0.2, -0.15) is 0 Å². The molecule has 0 fully saturated rings. The van der Waals surface area contributed by atoms with Crippen molar-refractivity contribution in [3.63, 3.8) is 0 Å². The van der Waals surface area contributed by atoms with Crippen LogP contribution < -0.4 is 15.2 Å². The van der Waals surface area contributed by atoms with Gasteiger partial charge in [0.05, 0.1) is 46.6 Å². The highest BCUT2D eigenvalue weighted by Crippen LogP contribution is 2.30. The van der Waals surface area contributed by atoms with E-state index >= 15 is 0 Å². The summed E-state index contributed by atoms with van der Waals surface area (Å²) in [5.41, 5.74) is 6.53. The van der Waals surface area contributed by atoms with Gasteiger partial charge in [-0.05, 0) is 17.7 Å². The van der Waals surface area contributed by atoms with Crippen molar-refractivity contribution < 1.29 is 33.6 Å². The molecule has 0 aliphatic heterocycles. The van der Waals surface area contributed by atoms with Crippen molar-refractivity contribution in [1.82, 2.24) is 0 Å². The monoisotopic (exact) mass is 357 g/mol. The molecule has 3 N–H and O–H groups in total. The van der Waals surface area contributed by atoms with Gasteiger partial charge in [0.1, 0.15) is 6.61 Å². The Labute approximate surface area is 147 Å². The van der Waals surface area contributed by atoms with Gasteiger partial charge >= 0.3 is 5.97 Å². The fraction of sp³-hybridized carbons (Fsp3) is 0.588. The van der Waals surface area contributed by atoms with Crippen molar-refractivity contribution in [2.75, 3.05) is 53.9 Å². The van der Waals surface area contributed by atoms with Gasteiger partial charge in [-0.15, -0.1) is 0 Å². The quantitative estimate of drug-likeness (QED) is 0.479. The second kappa shape index (κ2) is 12.5. The van der Waals surface area contributed by atoms with E-state index in [2.05, 4.69) is 0 Å². The van der Waals surface area contributed by atoms with Gasteiger partial charge in [0.15, 0.2) is 11.5 Å². The van der Waals surface area contributed by atoms with E-state index < -0.39 is 12.0 Å². The molecular formula is C17H27NO7. The summed E-state index contributed by atoms with van der Waals surface area (Å²) in [6.45, 7) is 2.86. The number of methoxy groups -OCH3 is 2. The Morgan fingerprint density at radius 2 is 1.68 bits per heavy atom. The van der Waals surface area contributed by atoms with Gasteiger partial charge < -0.3 is 34.5 Å². The highest BCUT2D eigenvalue weighted by atomic mass is 16.6. The van der Waals surface area contributed by atoms with Crippen molar-refractivity contribution in [3.8, 4) is 11.5 Å². The van der Waals surface area contributed by atoms with Crippen LogP contribution in [0.3, 0.4) is 0 Å². The van der Waals surface area contributed by atoms with Crippen LogP contribution in [0.5, 0.6) is 11.5 Å². The molecule has 0 aromatic heterocycles. The molecule has 25 heavy (non-hydrogen) atoms. The molecule has 0 spiro atoms. The molecule has 142 valence electrons. The van der Waals surface area contributed by atoms with Crippen LogP contribution in [0.2, 0.25) is 0 Å². The fourth-order valence-electron chi connectivity index (χ4n) is 2.01. The van der Waals surface area contributed by atoms with Crippen molar-refractivity contribution in [2.24, 2.45) is 5.73 Å². The van der Waals surface area contributed by atoms with E-state index in [1.165, 1.54) is 7.11 Å². The number of benzene rings is 1. The van der Waals surface area contributed by atoms with Crippen LogP contribution in [0.25, 0.3) is 0 Å². The molecule has 1 atom stereocenters.